The summed E-state index contributed by atoms with van der Waals surface area (Å²) in [5.41, 5.74) is 6.64. The van der Waals surface area contributed by atoms with E-state index in [1.807, 2.05) is 13.0 Å². The lowest BCUT2D eigenvalue weighted by molar-refractivity contribution is 0.284. The van der Waals surface area contributed by atoms with E-state index in [4.69, 9.17) is 5.73 Å². The molecule has 1 aromatic rings. The lowest BCUT2D eigenvalue weighted by atomic mass is 9.96. The minimum absolute atomic E-state index is 0.375. The Kier molecular flexibility index (Phi) is 4.01. The van der Waals surface area contributed by atoms with E-state index in [1.54, 1.807) is 0 Å². The molecule has 1 fully saturated rings. The first-order valence-corrected chi connectivity index (χ1v) is 6.55. The van der Waals surface area contributed by atoms with Gasteiger partial charge in [0.15, 0.2) is 0 Å². The molecular formula is C13H23N5. The second-order valence-corrected chi connectivity index (χ2v) is 5.42. The van der Waals surface area contributed by atoms with Crippen LogP contribution >= 0.6 is 0 Å². The molecule has 2 N–H and O–H groups in total. The van der Waals surface area contributed by atoms with E-state index in [0.717, 1.165) is 30.5 Å². The van der Waals surface area contributed by atoms with Crippen molar-refractivity contribution in [2.24, 2.45) is 5.92 Å². The van der Waals surface area contributed by atoms with Crippen LogP contribution in [0.2, 0.25) is 0 Å². The quantitative estimate of drug-likeness (QED) is 0.870. The van der Waals surface area contributed by atoms with Crippen molar-refractivity contribution in [1.29, 1.82) is 0 Å². The van der Waals surface area contributed by atoms with Gasteiger partial charge in [0.2, 0.25) is 5.95 Å². The highest BCUT2D eigenvalue weighted by Gasteiger charge is 2.20. The molecule has 0 bridgehead atoms. The van der Waals surface area contributed by atoms with E-state index >= 15 is 0 Å². The Morgan fingerprint density at radius 3 is 2.56 bits per heavy atom. The summed E-state index contributed by atoms with van der Waals surface area (Å²) in [5, 5.41) is 0. The zero-order chi connectivity index (χ0) is 13.1. The summed E-state index contributed by atoms with van der Waals surface area (Å²) in [4.78, 5) is 13.0. The van der Waals surface area contributed by atoms with Gasteiger partial charge in [-0.15, -0.1) is 0 Å². The standard InChI is InChI=1S/C13H23N5/c1-10-8-12(16-13(14)15-10)18-6-4-11(5-7-18)9-17(2)3/h8,11H,4-7,9H2,1-3H3,(H2,14,15,16). The van der Waals surface area contributed by atoms with Crippen molar-refractivity contribution >= 4 is 11.8 Å². The van der Waals surface area contributed by atoms with Crippen LogP contribution in [0.25, 0.3) is 0 Å². The number of piperidine rings is 1. The van der Waals surface area contributed by atoms with Gasteiger partial charge in [0.05, 0.1) is 0 Å². The zero-order valence-corrected chi connectivity index (χ0v) is 11.6. The Labute approximate surface area is 109 Å². The van der Waals surface area contributed by atoms with Crippen molar-refractivity contribution in [3.63, 3.8) is 0 Å². The minimum atomic E-state index is 0.375. The Balaban J connectivity index is 1.96. The van der Waals surface area contributed by atoms with Gasteiger partial charge in [-0.3, -0.25) is 0 Å². The summed E-state index contributed by atoms with van der Waals surface area (Å²) in [6.45, 7) is 5.27. The molecule has 2 rings (SSSR count). The molecule has 2 heterocycles. The zero-order valence-electron chi connectivity index (χ0n) is 11.6. The van der Waals surface area contributed by atoms with Crippen molar-refractivity contribution in [3.05, 3.63) is 11.8 Å². The van der Waals surface area contributed by atoms with Crippen LogP contribution in [0, 0.1) is 12.8 Å². The molecule has 0 saturated carbocycles. The van der Waals surface area contributed by atoms with Crippen LogP contribution in [-0.4, -0.2) is 48.6 Å². The molecule has 1 aliphatic rings. The SMILES string of the molecule is Cc1cc(N2CCC(CN(C)C)CC2)nc(N)n1. The van der Waals surface area contributed by atoms with E-state index in [9.17, 15) is 0 Å². The highest BCUT2D eigenvalue weighted by Crippen LogP contribution is 2.22. The molecule has 1 saturated heterocycles. The maximum absolute atomic E-state index is 5.70. The van der Waals surface area contributed by atoms with Crippen LogP contribution in [0.1, 0.15) is 18.5 Å². The number of nitrogen functional groups attached to an aromatic ring is 1. The molecule has 1 aromatic heterocycles. The number of aromatic nitrogens is 2. The van der Waals surface area contributed by atoms with E-state index < -0.39 is 0 Å². The molecule has 100 valence electrons. The van der Waals surface area contributed by atoms with E-state index in [-0.39, 0.29) is 0 Å². The minimum Gasteiger partial charge on any atom is -0.368 e. The maximum Gasteiger partial charge on any atom is 0.222 e. The van der Waals surface area contributed by atoms with Crippen molar-refractivity contribution in [2.45, 2.75) is 19.8 Å². The Bertz CT molecular complexity index is 376. The van der Waals surface area contributed by atoms with Gasteiger partial charge >= 0.3 is 0 Å². The predicted octanol–water partition coefficient (Wildman–Crippen LogP) is 1.15. The van der Waals surface area contributed by atoms with Crippen LogP contribution in [0.5, 0.6) is 0 Å². The van der Waals surface area contributed by atoms with E-state index in [0.29, 0.717) is 5.95 Å². The number of nitrogens with zero attached hydrogens (tertiary/aromatic N) is 4. The molecule has 0 atom stereocenters. The highest BCUT2D eigenvalue weighted by atomic mass is 15.2. The van der Waals surface area contributed by atoms with Crippen LogP contribution in [0.3, 0.4) is 0 Å². The number of hydrogen-bond donors (Lipinski definition) is 1. The normalized spacial score (nSPS) is 17.4. The lowest BCUT2D eigenvalue weighted by Crippen LogP contribution is -2.37. The predicted molar refractivity (Wildman–Crippen MR) is 74.7 cm³/mol. The molecule has 0 radical (unpaired) electrons. The molecule has 5 nitrogen and oxygen atoms in total. The first-order chi connectivity index (χ1) is 8.54. The number of hydrogen-bond acceptors (Lipinski definition) is 5. The van der Waals surface area contributed by atoms with Crippen LogP contribution in [0.15, 0.2) is 6.07 Å². The largest absolute Gasteiger partial charge is 0.368 e. The summed E-state index contributed by atoms with van der Waals surface area (Å²) in [5.74, 6) is 2.15. The first-order valence-electron chi connectivity index (χ1n) is 6.55. The fraction of sp³-hybridized carbons (Fsp3) is 0.692. The van der Waals surface area contributed by atoms with Gasteiger partial charge in [-0.25, -0.2) is 4.98 Å². The molecule has 0 aromatic carbocycles. The van der Waals surface area contributed by atoms with Gasteiger partial charge in [0.25, 0.3) is 0 Å². The third kappa shape index (κ3) is 3.32. The molecule has 0 amide bonds. The Hall–Kier alpha value is -1.36. The first kappa shape index (κ1) is 13.1. The van der Waals surface area contributed by atoms with Gasteiger partial charge in [-0.2, -0.15) is 4.98 Å². The molecule has 0 spiro atoms. The Morgan fingerprint density at radius 2 is 2.00 bits per heavy atom. The average molecular weight is 249 g/mol. The number of nitrogens with two attached hydrogens (primary N) is 1. The molecule has 0 unspecified atom stereocenters. The van der Waals surface area contributed by atoms with Gasteiger partial charge in [-0.05, 0) is 39.8 Å². The monoisotopic (exact) mass is 249 g/mol. The number of anilines is 2. The number of rotatable bonds is 3. The third-order valence-corrected chi connectivity index (χ3v) is 3.42. The van der Waals surface area contributed by atoms with Crippen molar-refractivity contribution < 1.29 is 0 Å². The highest BCUT2D eigenvalue weighted by molar-refractivity contribution is 5.43. The summed E-state index contributed by atoms with van der Waals surface area (Å²) < 4.78 is 0. The van der Waals surface area contributed by atoms with Crippen molar-refractivity contribution in [2.75, 3.05) is 44.4 Å². The van der Waals surface area contributed by atoms with Crippen molar-refractivity contribution in [1.82, 2.24) is 14.9 Å². The second-order valence-electron chi connectivity index (χ2n) is 5.42. The fourth-order valence-electron chi connectivity index (χ4n) is 2.60. The smallest absolute Gasteiger partial charge is 0.222 e. The molecular weight excluding hydrogens is 226 g/mol. The summed E-state index contributed by atoms with van der Waals surface area (Å²) in [7, 11) is 4.28. The topological polar surface area (TPSA) is 58.3 Å². The van der Waals surface area contributed by atoms with Gasteiger partial charge in [0, 0.05) is 31.4 Å². The summed E-state index contributed by atoms with van der Waals surface area (Å²) >= 11 is 0. The van der Waals surface area contributed by atoms with Crippen LogP contribution in [-0.2, 0) is 0 Å². The van der Waals surface area contributed by atoms with Crippen LogP contribution in [0.4, 0.5) is 11.8 Å². The number of aryl methyl sites for hydroxylation is 1. The fourth-order valence-corrected chi connectivity index (χ4v) is 2.60. The second kappa shape index (κ2) is 5.52. The molecule has 5 heteroatoms. The van der Waals surface area contributed by atoms with Gasteiger partial charge < -0.3 is 15.5 Å². The summed E-state index contributed by atoms with van der Waals surface area (Å²) in [6.07, 6.45) is 2.45. The van der Waals surface area contributed by atoms with E-state index in [2.05, 4.69) is 33.9 Å². The Morgan fingerprint density at radius 1 is 1.33 bits per heavy atom. The van der Waals surface area contributed by atoms with Crippen LogP contribution < -0.4 is 10.6 Å². The van der Waals surface area contributed by atoms with Gasteiger partial charge in [-0.1, -0.05) is 0 Å². The van der Waals surface area contributed by atoms with Gasteiger partial charge in [0.1, 0.15) is 5.82 Å². The summed E-state index contributed by atoms with van der Waals surface area (Å²) in [6, 6.07) is 2.02. The lowest BCUT2D eigenvalue weighted by Gasteiger charge is -2.34. The molecule has 18 heavy (non-hydrogen) atoms. The van der Waals surface area contributed by atoms with E-state index in [1.165, 1.54) is 19.4 Å². The third-order valence-electron chi connectivity index (χ3n) is 3.42. The molecule has 1 aliphatic heterocycles. The maximum atomic E-state index is 5.70. The van der Waals surface area contributed by atoms with Crippen molar-refractivity contribution in [3.8, 4) is 0 Å². The average Bonchev–Trinajstić information content (AvgIpc) is 2.27. The molecule has 0 aliphatic carbocycles.